The number of aliphatic carboxylic acids is 1. The lowest BCUT2D eigenvalue weighted by Crippen LogP contribution is -2.39. The first-order valence-electron chi connectivity index (χ1n) is 6.88. The summed E-state index contributed by atoms with van der Waals surface area (Å²) >= 11 is 0. The molecule has 0 amide bonds. The van der Waals surface area contributed by atoms with Gasteiger partial charge in [-0.2, -0.15) is 0 Å². The summed E-state index contributed by atoms with van der Waals surface area (Å²) in [7, 11) is 0. The van der Waals surface area contributed by atoms with Crippen molar-refractivity contribution in [2.75, 3.05) is 18.0 Å². The summed E-state index contributed by atoms with van der Waals surface area (Å²) in [5, 5.41) is 20.7. The Kier molecular flexibility index (Phi) is 3.85. The zero-order chi connectivity index (χ0) is 15.8. The van der Waals surface area contributed by atoms with Crippen LogP contribution in [0.3, 0.4) is 0 Å². The number of carboxylic acids is 1. The first-order chi connectivity index (χ1) is 9.78. The SMILES string of the molecule is Cc1ccc([N+](=O)[O-])c(N2CCC(C(=O)O)(C(C)C)C2)n1. The first-order valence-corrected chi connectivity index (χ1v) is 6.88. The number of nitro groups is 1. The van der Waals surface area contributed by atoms with Crippen LogP contribution in [0.1, 0.15) is 26.0 Å². The lowest BCUT2D eigenvalue weighted by atomic mass is 9.76. The maximum Gasteiger partial charge on any atom is 0.311 e. The molecule has 1 aliphatic heterocycles. The fourth-order valence-electron chi connectivity index (χ4n) is 2.82. The Labute approximate surface area is 122 Å². The second-order valence-electron chi connectivity index (χ2n) is 5.84. The first kappa shape index (κ1) is 15.2. The molecule has 1 aromatic rings. The van der Waals surface area contributed by atoms with Crippen LogP contribution >= 0.6 is 0 Å². The summed E-state index contributed by atoms with van der Waals surface area (Å²) < 4.78 is 0. The van der Waals surface area contributed by atoms with E-state index >= 15 is 0 Å². The molecule has 0 aliphatic carbocycles. The minimum absolute atomic E-state index is 0.0520. The number of anilines is 1. The molecule has 0 aromatic carbocycles. The molecule has 1 aliphatic rings. The van der Waals surface area contributed by atoms with E-state index in [1.54, 1.807) is 17.9 Å². The topological polar surface area (TPSA) is 96.6 Å². The standard InChI is InChI=1S/C14H19N3O4/c1-9(2)14(13(18)19)6-7-16(8-14)12-11(17(20)21)5-4-10(3)15-12/h4-5,9H,6-8H2,1-3H3,(H,18,19). The summed E-state index contributed by atoms with van der Waals surface area (Å²) in [6.45, 7) is 6.21. The van der Waals surface area contributed by atoms with Crippen LogP contribution in [-0.4, -0.2) is 34.1 Å². The van der Waals surface area contributed by atoms with Gasteiger partial charge in [-0.15, -0.1) is 0 Å². The van der Waals surface area contributed by atoms with E-state index in [4.69, 9.17) is 0 Å². The van der Waals surface area contributed by atoms with Gasteiger partial charge in [0.1, 0.15) is 0 Å². The van der Waals surface area contributed by atoms with Gasteiger partial charge in [-0.3, -0.25) is 14.9 Å². The van der Waals surface area contributed by atoms with Gasteiger partial charge in [0.05, 0.1) is 10.3 Å². The Hall–Kier alpha value is -2.18. The zero-order valence-corrected chi connectivity index (χ0v) is 12.4. The van der Waals surface area contributed by atoms with Crippen LogP contribution in [0.4, 0.5) is 11.5 Å². The number of aromatic nitrogens is 1. The summed E-state index contributed by atoms with van der Waals surface area (Å²) in [6, 6.07) is 3.01. The van der Waals surface area contributed by atoms with E-state index in [2.05, 4.69) is 4.98 Å². The van der Waals surface area contributed by atoms with Gasteiger partial charge in [0.15, 0.2) is 0 Å². The van der Waals surface area contributed by atoms with Crippen LogP contribution in [0.15, 0.2) is 12.1 Å². The fraction of sp³-hybridized carbons (Fsp3) is 0.571. The quantitative estimate of drug-likeness (QED) is 0.675. The average molecular weight is 293 g/mol. The molecular formula is C14H19N3O4. The zero-order valence-electron chi connectivity index (χ0n) is 12.4. The largest absolute Gasteiger partial charge is 0.481 e. The van der Waals surface area contributed by atoms with Crippen LogP contribution in [0.25, 0.3) is 0 Å². The summed E-state index contributed by atoms with van der Waals surface area (Å²) in [5.41, 5.74) is -0.280. The van der Waals surface area contributed by atoms with Crippen molar-refractivity contribution in [3.8, 4) is 0 Å². The highest BCUT2D eigenvalue weighted by atomic mass is 16.6. The van der Waals surface area contributed by atoms with Crippen LogP contribution in [-0.2, 0) is 4.79 Å². The van der Waals surface area contributed by atoms with Crippen LogP contribution < -0.4 is 4.90 Å². The third kappa shape index (κ3) is 2.55. The van der Waals surface area contributed by atoms with E-state index in [1.807, 2.05) is 13.8 Å². The summed E-state index contributed by atoms with van der Waals surface area (Å²) in [4.78, 5) is 28.3. The number of hydrogen-bond donors (Lipinski definition) is 1. The van der Waals surface area contributed by atoms with E-state index in [0.717, 1.165) is 0 Å². The molecule has 1 saturated heterocycles. The molecular weight excluding hydrogens is 274 g/mol. The molecule has 0 saturated carbocycles. The molecule has 2 rings (SSSR count). The average Bonchev–Trinajstić information content (AvgIpc) is 2.84. The Balaban J connectivity index is 2.40. The van der Waals surface area contributed by atoms with Gasteiger partial charge < -0.3 is 10.0 Å². The Morgan fingerprint density at radius 3 is 2.67 bits per heavy atom. The van der Waals surface area contributed by atoms with Gasteiger partial charge >= 0.3 is 11.7 Å². The third-order valence-electron chi connectivity index (χ3n) is 4.32. The molecule has 1 N–H and O–H groups in total. The lowest BCUT2D eigenvalue weighted by molar-refractivity contribution is -0.384. The minimum atomic E-state index is -0.876. The van der Waals surface area contributed by atoms with Crippen molar-refractivity contribution in [1.29, 1.82) is 0 Å². The molecule has 7 heteroatoms. The molecule has 21 heavy (non-hydrogen) atoms. The van der Waals surface area contributed by atoms with E-state index in [1.165, 1.54) is 6.07 Å². The highest BCUT2D eigenvalue weighted by Crippen LogP contribution is 2.41. The monoisotopic (exact) mass is 293 g/mol. The molecule has 0 radical (unpaired) electrons. The van der Waals surface area contributed by atoms with Gasteiger partial charge in [-0.05, 0) is 25.3 Å². The predicted octanol–water partition coefficient (Wildman–Crippen LogP) is 2.24. The van der Waals surface area contributed by atoms with Gasteiger partial charge in [-0.25, -0.2) is 4.98 Å². The fourth-order valence-corrected chi connectivity index (χ4v) is 2.82. The second kappa shape index (κ2) is 5.31. The number of carboxylic acid groups (broad SMARTS) is 1. The Morgan fingerprint density at radius 1 is 1.52 bits per heavy atom. The summed E-state index contributed by atoms with van der Waals surface area (Å²) in [6.07, 6.45) is 0.465. The van der Waals surface area contributed by atoms with Crippen molar-refractivity contribution < 1.29 is 14.8 Å². The minimum Gasteiger partial charge on any atom is -0.481 e. The van der Waals surface area contributed by atoms with Gasteiger partial charge in [-0.1, -0.05) is 13.8 Å². The number of rotatable bonds is 4. The van der Waals surface area contributed by atoms with Gasteiger partial charge in [0.2, 0.25) is 5.82 Å². The van der Waals surface area contributed by atoms with Crippen LogP contribution in [0, 0.1) is 28.4 Å². The van der Waals surface area contributed by atoms with Crippen molar-refractivity contribution in [1.82, 2.24) is 4.98 Å². The van der Waals surface area contributed by atoms with Crippen LogP contribution in [0.2, 0.25) is 0 Å². The Morgan fingerprint density at radius 2 is 2.19 bits per heavy atom. The molecule has 1 fully saturated rings. The van der Waals surface area contributed by atoms with E-state index in [9.17, 15) is 20.0 Å². The molecule has 1 unspecified atom stereocenters. The number of nitrogens with zero attached hydrogens (tertiary/aromatic N) is 3. The third-order valence-corrected chi connectivity index (χ3v) is 4.32. The molecule has 0 bridgehead atoms. The maximum absolute atomic E-state index is 11.6. The number of carbonyl (C=O) groups is 1. The number of pyridine rings is 1. The molecule has 0 spiro atoms. The molecule has 7 nitrogen and oxygen atoms in total. The lowest BCUT2D eigenvalue weighted by Gasteiger charge is -2.28. The van der Waals surface area contributed by atoms with Crippen LogP contribution in [0.5, 0.6) is 0 Å². The summed E-state index contributed by atoms with van der Waals surface area (Å²) in [5.74, 6) is -0.636. The van der Waals surface area contributed by atoms with Gasteiger partial charge in [0, 0.05) is 24.8 Å². The highest BCUT2D eigenvalue weighted by molar-refractivity contribution is 5.77. The van der Waals surface area contributed by atoms with Crippen molar-refractivity contribution in [3.05, 3.63) is 27.9 Å². The van der Waals surface area contributed by atoms with E-state index < -0.39 is 16.3 Å². The van der Waals surface area contributed by atoms with E-state index in [0.29, 0.717) is 18.7 Å². The smallest absolute Gasteiger partial charge is 0.311 e. The van der Waals surface area contributed by atoms with Crippen molar-refractivity contribution in [3.63, 3.8) is 0 Å². The molecule has 1 atom stereocenters. The van der Waals surface area contributed by atoms with Crippen molar-refractivity contribution in [2.24, 2.45) is 11.3 Å². The second-order valence-corrected chi connectivity index (χ2v) is 5.84. The van der Waals surface area contributed by atoms with Crippen molar-refractivity contribution >= 4 is 17.5 Å². The molecule has 2 heterocycles. The Bertz CT molecular complexity index is 588. The normalized spacial score (nSPS) is 21.8. The molecule has 1 aromatic heterocycles. The number of hydrogen-bond acceptors (Lipinski definition) is 5. The van der Waals surface area contributed by atoms with E-state index in [-0.39, 0.29) is 24.0 Å². The molecule has 114 valence electrons. The van der Waals surface area contributed by atoms with Gasteiger partial charge in [0.25, 0.3) is 0 Å². The maximum atomic E-state index is 11.6. The predicted molar refractivity (Wildman–Crippen MR) is 77.4 cm³/mol. The highest BCUT2D eigenvalue weighted by Gasteiger charge is 2.48. The number of aryl methyl sites for hydroxylation is 1. The van der Waals surface area contributed by atoms with Crippen molar-refractivity contribution in [2.45, 2.75) is 27.2 Å².